The van der Waals surface area contributed by atoms with E-state index in [2.05, 4.69) is 65.1 Å². The summed E-state index contributed by atoms with van der Waals surface area (Å²) in [7, 11) is 0. The van der Waals surface area contributed by atoms with Crippen molar-refractivity contribution in [1.29, 1.82) is 0 Å². The molecule has 0 spiro atoms. The molecule has 5 rings (SSSR count). The number of nitrogens with zero attached hydrogens (tertiary/aromatic N) is 4. The van der Waals surface area contributed by atoms with Crippen LogP contribution in [0.5, 0.6) is 0 Å². The summed E-state index contributed by atoms with van der Waals surface area (Å²) in [6, 6.07) is 19.6. The Morgan fingerprint density at radius 1 is 0.862 bits per heavy atom. The first kappa shape index (κ1) is 17.6. The first-order valence-electron chi connectivity index (χ1n) is 9.91. The van der Waals surface area contributed by atoms with E-state index in [0.29, 0.717) is 0 Å². The summed E-state index contributed by atoms with van der Waals surface area (Å²) in [5.41, 5.74) is 6.32. The van der Waals surface area contributed by atoms with Gasteiger partial charge >= 0.3 is 0 Å². The molecular formula is C24H21FN4. The normalized spacial score (nSPS) is 11.6. The first-order valence-corrected chi connectivity index (χ1v) is 9.91. The third-order valence-corrected chi connectivity index (χ3v) is 5.58. The van der Waals surface area contributed by atoms with Gasteiger partial charge in [-0.05, 0) is 55.3 Å². The van der Waals surface area contributed by atoms with Gasteiger partial charge in [0.05, 0.1) is 17.6 Å². The Kier molecular flexibility index (Phi) is 4.16. The zero-order valence-electron chi connectivity index (χ0n) is 16.4. The molecule has 0 aliphatic heterocycles. The fourth-order valence-electron chi connectivity index (χ4n) is 4.07. The molecule has 144 valence electrons. The number of halogens is 1. The highest BCUT2D eigenvalue weighted by Crippen LogP contribution is 2.32. The molecule has 5 heteroatoms. The maximum absolute atomic E-state index is 14.0. The third-order valence-electron chi connectivity index (χ3n) is 5.58. The maximum atomic E-state index is 14.0. The summed E-state index contributed by atoms with van der Waals surface area (Å²) in [4.78, 5) is 0. The predicted molar refractivity (Wildman–Crippen MR) is 115 cm³/mol. The van der Waals surface area contributed by atoms with Crippen molar-refractivity contribution < 1.29 is 4.39 Å². The van der Waals surface area contributed by atoms with E-state index in [0.717, 1.165) is 51.7 Å². The van der Waals surface area contributed by atoms with Gasteiger partial charge in [-0.3, -0.25) is 0 Å². The van der Waals surface area contributed by atoms with Crippen LogP contribution in [-0.2, 0) is 13.0 Å². The third kappa shape index (κ3) is 2.81. The van der Waals surface area contributed by atoms with Crippen molar-refractivity contribution in [3.05, 3.63) is 78.2 Å². The molecule has 29 heavy (non-hydrogen) atoms. The molecule has 5 aromatic rings. The van der Waals surface area contributed by atoms with E-state index in [1.165, 1.54) is 11.6 Å². The molecule has 2 heterocycles. The monoisotopic (exact) mass is 384 g/mol. The number of benzene rings is 3. The smallest absolute Gasteiger partial charge is 0.123 e. The summed E-state index contributed by atoms with van der Waals surface area (Å²) < 4.78 is 18.0. The van der Waals surface area contributed by atoms with Gasteiger partial charge < -0.3 is 4.57 Å². The molecule has 0 aliphatic carbocycles. The maximum Gasteiger partial charge on any atom is 0.123 e. The van der Waals surface area contributed by atoms with Crippen LogP contribution in [0.15, 0.2) is 66.9 Å². The second-order valence-electron chi connectivity index (χ2n) is 7.19. The summed E-state index contributed by atoms with van der Waals surface area (Å²) in [5.74, 6) is -0.226. The van der Waals surface area contributed by atoms with Crippen molar-refractivity contribution >= 4 is 21.8 Å². The quantitative estimate of drug-likeness (QED) is 0.395. The standard InChI is InChI=1S/C24H21FN4/c1-3-16-5-7-17(8-6-16)24-15-26-27-29(24)19-10-12-23-21(14-19)20-13-18(25)9-11-22(20)28(23)4-2/h5-15H,3-4H2,1-2H3. The van der Waals surface area contributed by atoms with Crippen molar-refractivity contribution in [2.75, 3.05) is 0 Å². The average molecular weight is 384 g/mol. The van der Waals surface area contributed by atoms with E-state index >= 15 is 0 Å². The van der Waals surface area contributed by atoms with Crippen molar-refractivity contribution in [2.24, 2.45) is 0 Å². The highest BCUT2D eigenvalue weighted by molar-refractivity contribution is 6.08. The second kappa shape index (κ2) is 6.85. The molecule has 0 saturated heterocycles. The van der Waals surface area contributed by atoms with Crippen molar-refractivity contribution in [1.82, 2.24) is 19.6 Å². The molecular weight excluding hydrogens is 363 g/mol. The van der Waals surface area contributed by atoms with E-state index in [-0.39, 0.29) is 5.82 Å². The Bertz CT molecular complexity index is 1330. The Morgan fingerprint density at radius 3 is 2.31 bits per heavy atom. The molecule has 0 aliphatic rings. The fraction of sp³-hybridized carbons (Fsp3) is 0.167. The SMILES string of the molecule is CCc1ccc(-c2cnnn2-c2ccc3c(c2)c2cc(F)ccc2n3CC)cc1. The lowest BCUT2D eigenvalue weighted by molar-refractivity contribution is 0.629. The van der Waals surface area contributed by atoms with Gasteiger partial charge in [-0.1, -0.05) is 36.4 Å². The van der Waals surface area contributed by atoms with Gasteiger partial charge in [-0.15, -0.1) is 5.10 Å². The number of rotatable bonds is 4. The number of aromatic nitrogens is 4. The van der Waals surface area contributed by atoms with Crippen LogP contribution >= 0.6 is 0 Å². The molecule has 4 nitrogen and oxygen atoms in total. The minimum absolute atomic E-state index is 0.226. The Morgan fingerprint density at radius 2 is 1.59 bits per heavy atom. The number of hydrogen-bond donors (Lipinski definition) is 0. The Hall–Kier alpha value is -3.47. The lowest BCUT2D eigenvalue weighted by Crippen LogP contribution is -2.00. The van der Waals surface area contributed by atoms with E-state index in [9.17, 15) is 4.39 Å². The van der Waals surface area contributed by atoms with E-state index in [1.54, 1.807) is 12.3 Å². The number of hydrogen-bond acceptors (Lipinski definition) is 2. The molecule has 0 atom stereocenters. The highest BCUT2D eigenvalue weighted by atomic mass is 19.1. The lowest BCUT2D eigenvalue weighted by atomic mass is 10.1. The van der Waals surface area contributed by atoms with Crippen LogP contribution < -0.4 is 0 Å². The lowest BCUT2D eigenvalue weighted by Gasteiger charge is -2.08. The van der Waals surface area contributed by atoms with Gasteiger partial charge in [0.15, 0.2) is 0 Å². The Labute approximate surface area is 168 Å². The number of fused-ring (bicyclic) bond motifs is 3. The predicted octanol–water partition coefficient (Wildman–Crippen LogP) is 5.76. The van der Waals surface area contributed by atoms with Crippen molar-refractivity contribution in [3.63, 3.8) is 0 Å². The molecule has 3 aromatic carbocycles. The zero-order valence-corrected chi connectivity index (χ0v) is 16.4. The molecule has 0 unspecified atom stereocenters. The fourth-order valence-corrected chi connectivity index (χ4v) is 4.07. The minimum atomic E-state index is -0.226. The van der Waals surface area contributed by atoms with Crippen molar-refractivity contribution in [2.45, 2.75) is 26.8 Å². The van der Waals surface area contributed by atoms with Crippen LogP contribution in [0.3, 0.4) is 0 Å². The van der Waals surface area contributed by atoms with Crippen molar-refractivity contribution in [3.8, 4) is 16.9 Å². The molecule has 2 aromatic heterocycles. The largest absolute Gasteiger partial charge is 0.341 e. The molecule has 0 saturated carbocycles. The van der Waals surface area contributed by atoms with Gasteiger partial charge in [-0.2, -0.15) is 0 Å². The number of aryl methyl sites for hydroxylation is 2. The summed E-state index contributed by atoms with van der Waals surface area (Å²) in [5, 5.41) is 10.4. The molecule has 0 amide bonds. The van der Waals surface area contributed by atoms with E-state index < -0.39 is 0 Å². The second-order valence-corrected chi connectivity index (χ2v) is 7.19. The molecule has 0 radical (unpaired) electrons. The average Bonchev–Trinajstić information content (AvgIpc) is 3.36. The summed E-state index contributed by atoms with van der Waals surface area (Å²) in [6.45, 7) is 5.07. The Balaban J connectivity index is 1.70. The van der Waals surface area contributed by atoms with Gasteiger partial charge in [-0.25, -0.2) is 9.07 Å². The highest BCUT2D eigenvalue weighted by Gasteiger charge is 2.14. The molecule has 0 fully saturated rings. The van der Waals surface area contributed by atoms with Crippen LogP contribution in [-0.4, -0.2) is 19.6 Å². The van der Waals surface area contributed by atoms with E-state index in [1.807, 2.05) is 16.8 Å². The summed E-state index contributed by atoms with van der Waals surface area (Å²) >= 11 is 0. The van der Waals surface area contributed by atoms with Gasteiger partial charge in [0.1, 0.15) is 5.82 Å². The van der Waals surface area contributed by atoms with Crippen LogP contribution in [0, 0.1) is 5.82 Å². The molecule has 0 bridgehead atoms. The minimum Gasteiger partial charge on any atom is -0.341 e. The van der Waals surface area contributed by atoms with E-state index in [4.69, 9.17) is 0 Å². The summed E-state index contributed by atoms with van der Waals surface area (Å²) in [6.07, 6.45) is 2.78. The topological polar surface area (TPSA) is 35.6 Å². The van der Waals surface area contributed by atoms with Gasteiger partial charge in [0, 0.05) is 33.9 Å². The molecule has 0 N–H and O–H groups in total. The van der Waals surface area contributed by atoms with Gasteiger partial charge in [0.25, 0.3) is 0 Å². The van der Waals surface area contributed by atoms with Gasteiger partial charge in [0.2, 0.25) is 0 Å². The zero-order chi connectivity index (χ0) is 20.0. The van der Waals surface area contributed by atoms with Crippen LogP contribution in [0.1, 0.15) is 19.4 Å². The van der Waals surface area contributed by atoms with Crippen LogP contribution in [0.2, 0.25) is 0 Å². The first-order chi connectivity index (χ1) is 14.2. The van der Waals surface area contributed by atoms with Crippen LogP contribution in [0.25, 0.3) is 38.8 Å². The van der Waals surface area contributed by atoms with Crippen LogP contribution in [0.4, 0.5) is 4.39 Å².